The molecule has 1 aromatic rings. The molecule has 0 saturated carbocycles. The minimum absolute atomic E-state index is 0.370. The maximum Gasteiger partial charge on any atom is 0.494 e. The lowest BCUT2D eigenvalue weighted by Crippen LogP contribution is -2.41. The molecule has 1 aromatic carbocycles. The van der Waals surface area contributed by atoms with Crippen molar-refractivity contribution >= 4 is 28.5 Å². The normalized spacial score (nSPS) is 20.4. The Hall–Kier alpha value is -0.825. The van der Waals surface area contributed by atoms with Gasteiger partial charge in [0.2, 0.25) is 0 Å². The third-order valence-corrected chi connectivity index (χ3v) is 4.90. The van der Waals surface area contributed by atoms with Crippen LogP contribution in [0.2, 0.25) is 0 Å². The molecule has 1 saturated heterocycles. The maximum absolute atomic E-state index is 9.33. The molecular formula is C16H21BBrNO2. The molecule has 1 aliphatic heterocycles. The van der Waals surface area contributed by atoms with Crippen molar-refractivity contribution in [3.63, 3.8) is 0 Å². The summed E-state index contributed by atoms with van der Waals surface area (Å²) >= 11 is 3.52. The van der Waals surface area contributed by atoms with E-state index in [0.29, 0.717) is 0 Å². The molecule has 0 aliphatic carbocycles. The number of nitrogens with zero attached hydrogens (tertiary/aromatic N) is 1. The molecule has 112 valence electrons. The van der Waals surface area contributed by atoms with Crippen LogP contribution in [0.15, 0.2) is 22.7 Å². The molecule has 1 heterocycles. The van der Waals surface area contributed by atoms with Crippen LogP contribution < -0.4 is 5.46 Å². The van der Waals surface area contributed by atoms with Crippen LogP contribution in [0.5, 0.6) is 0 Å². The highest BCUT2D eigenvalue weighted by molar-refractivity contribution is 9.10. The van der Waals surface area contributed by atoms with Crippen LogP contribution in [0.3, 0.4) is 0 Å². The average molecular weight is 350 g/mol. The molecule has 0 N–H and O–H groups in total. The summed E-state index contributed by atoms with van der Waals surface area (Å²) < 4.78 is 13.1. The summed E-state index contributed by atoms with van der Waals surface area (Å²) in [5.74, 6) is 0. The van der Waals surface area contributed by atoms with Crippen LogP contribution in [0.4, 0.5) is 0 Å². The van der Waals surface area contributed by atoms with Crippen LogP contribution in [0, 0.1) is 11.3 Å². The van der Waals surface area contributed by atoms with Gasteiger partial charge in [0.15, 0.2) is 0 Å². The summed E-state index contributed by atoms with van der Waals surface area (Å²) in [6, 6.07) is 8.28. The quantitative estimate of drug-likeness (QED) is 0.767. The van der Waals surface area contributed by atoms with E-state index in [-0.39, 0.29) is 11.2 Å². The minimum atomic E-state index is -0.553. The van der Waals surface area contributed by atoms with E-state index >= 15 is 0 Å². The second-order valence-electron chi connectivity index (χ2n) is 7.10. The molecule has 0 spiro atoms. The number of hydrogen-bond acceptors (Lipinski definition) is 3. The van der Waals surface area contributed by atoms with Crippen LogP contribution in [-0.2, 0) is 14.7 Å². The Labute approximate surface area is 135 Å². The summed E-state index contributed by atoms with van der Waals surface area (Å²) in [6.07, 6.45) is 0. The Morgan fingerprint density at radius 2 is 1.62 bits per heavy atom. The van der Waals surface area contributed by atoms with Gasteiger partial charge < -0.3 is 9.31 Å². The van der Waals surface area contributed by atoms with Crippen molar-refractivity contribution in [1.29, 1.82) is 5.26 Å². The Balaban J connectivity index is 2.42. The van der Waals surface area contributed by atoms with Gasteiger partial charge in [-0.25, -0.2) is 0 Å². The highest BCUT2D eigenvalue weighted by atomic mass is 79.9. The van der Waals surface area contributed by atoms with Crippen molar-refractivity contribution in [3.8, 4) is 6.07 Å². The lowest BCUT2D eigenvalue weighted by molar-refractivity contribution is 0.00578. The van der Waals surface area contributed by atoms with Gasteiger partial charge in [0.05, 0.1) is 22.7 Å². The molecule has 0 atom stereocenters. The van der Waals surface area contributed by atoms with E-state index in [9.17, 15) is 5.26 Å². The van der Waals surface area contributed by atoms with Crippen molar-refractivity contribution in [2.24, 2.45) is 0 Å². The van der Waals surface area contributed by atoms with Crippen molar-refractivity contribution in [1.82, 2.24) is 0 Å². The van der Waals surface area contributed by atoms with Gasteiger partial charge >= 0.3 is 7.12 Å². The second kappa shape index (κ2) is 5.12. The van der Waals surface area contributed by atoms with Gasteiger partial charge in [-0.1, -0.05) is 22.0 Å². The lowest BCUT2D eigenvalue weighted by atomic mass is 9.75. The van der Waals surface area contributed by atoms with Crippen molar-refractivity contribution < 1.29 is 9.31 Å². The summed E-state index contributed by atoms with van der Waals surface area (Å²) in [5.41, 5.74) is 0.586. The first-order chi connectivity index (χ1) is 9.48. The van der Waals surface area contributed by atoms with Gasteiger partial charge in [0.25, 0.3) is 0 Å². The molecule has 0 bridgehead atoms. The van der Waals surface area contributed by atoms with Crippen LogP contribution in [0.25, 0.3) is 0 Å². The van der Waals surface area contributed by atoms with Gasteiger partial charge in [-0.05, 0) is 64.7 Å². The van der Waals surface area contributed by atoms with Gasteiger partial charge in [-0.15, -0.1) is 0 Å². The third kappa shape index (κ3) is 3.03. The van der Waals surface area contributed by atoms with E-state index in [1.165, 1.54) is 0 Å². The van der Waals surface area contributed by atoms with E-state index in [1.54, 1.807) is 0 Å². The molecule has 0 aromatic heterocycles. The topological polar surface area (TPSA) is 42.2 Å². The van der Waals surface area contributed by atoms with E-state index in [1.807, 2.05) is 59.7 Å². The number of benzene rings is 1. The van der Waals surface area contributed by atoms with E-state index in [2.05, 4.69) is 22.0 Å². The largest absolute Gasteiger partial charge is 0.494 e. The monoisotopic (exact) mass is 349 g/mol. The Bertz CT molecular complexity index is 589. The molecule has 1 fully saturated rings. The minimum Gasteiger partial charge on any atom is -0.399 e. The first-order valence-electron chi connectivity index (χ1n) is 7.06. The molecule has 0 amide bonds. The Morgan fingerprint density at radius 3 is 2.10 bits per heavy atom. The van der Waals surface area contributed by atoms with Gasteiger partial charge in [0, 0.05) is 4.47 Å². The maximum atomic E-state index is 9.33. The highest BCUT2D eigenvalue weighted by Crippen LogP contribution is 2.37. The number of hydrogen-bond donors (Lipinski definition) is 0. The molecule has 2 rings (SSSR count). The van der Waals surface area contributed by atoms with E-state index in [4.69, 9.17) is 9.31 Å². The summed E-state index contributed by atoms with van der Waals surface area (Å²) in [5, 5.41) is 9.33. The SMILES string of the molecule is CC(C)(C#N)c1cc(Br)cc(B2OC(C)(C)C(C)(C)O2)c1. The predicted molar refractivity (Wildman–Crippen MR) is 88.5 cm³/mol. The molecular weight excluding hydrogens is 329 g/mol. The van der Waals surface area contributed by atoms with Crippen molar-refractivity contribution in [2.75, 3.05) is 0 Å². The van der Waals surface area contributed by atoms with Crippen LogP contribution in [0.1, 0.15) is 47.1 Å². The standard InChI is InChI=1S/C16H21BBrNO2/c1-14(2,10-19)11-7-12(9-13(18)8-11)17-20-15(3,4)16(5,6)21-17/h7-9H,1-6H3. The Morgan fingerprint density at radius 1 is 1.10 bits per heavy atom. The fourth-order valence-corrected chi connectivity index (χ4v) is 2.66. The first kappa shape index (κ1) is 16.5. The summed E-state index contributed by atoms with van der Waals surface area (Å²) in [4.78, 5) is 0. The fourth-order valence-electron chi connectivity index (χ4n) is 2.15. The number of rotatable bonds is 2. The van der Waals surface area contributed by atoms with Crippen LogP contribution >= 0.6 is 15.9 Å². The molecule has 1 aliphatic rings. The number of halogens is 1. The zero-order valence-electron chi connectivity index (χ0n) is 13.5. The number of nitriles is 1. The van der Waals surface area contributed by atoms with Gasteiger partial charge in [-0.2, -0.15) is 5.26 Å². The second-order valence-corrected chi connectivity index (χ2v) is 8.01. The van der Waals surface area contributed by atoms with Gasteiger partial charge in [0.1, 0.15) is 0 Å². The average Bonchev–Trinajstić information content (AvgIpc) is 2.58. The smallest absolute Gasteiger partial charge is 0.399 e. The molecule has 21 heavy (non-hydrogen) atoms. The summed E-state index contributed by atoms with van der Waals surface area (Å²) in [7, 11) is -0.416. The Kier molecular flexibility index (Phi) is 4.03. The van der Waals surface area contributed by atoms with Crippen molar-refractivity contribution in [3.05, 3.63) is 28.2 Å². The predicted octanol–water partition coefficient (Wildman–Crippen LogP) is 3.55. The van der Waals surface area contributed by atoms with Gasteiger partial charge in [-0.3, -0.25) is 0 Å². The van der Waals surface area contributed by atoms with Crippen LogP contribution in [-0.4, -0.2) is 18.3 Å². The molecule has 0 unspecified atom stereocenters. The van der Waals surface area contributed by atoms with E-state index < -0.39 is 12.5 Å². The molecule has 3 nitrogen and oxygen atoms in total. The van der Waals surface area contributed by atoms with Crippen molar-refractivity contribution in [2.45, 2.75) is 58.2 Å². The lowest BCUT2D eigenvalue weighted by Gasteiger charge is -2.32. The molecule has 0 radical (unpaired) electrons. The molecule has 5 heteroatoms. The first-order valence-corrected chi connectivity index (χ1v) is 7.86. The third-order valence-electron chi connectivity index (χ3n) is 4.45. The summed E-state index contributed by atoms with van der Waals surface area (Å²) in [6.45, 7) is 11.9. The zero-order chi connectivity index (χ0) is 16.1. The van der Waals surface area contributed by atoms with E-state index in [0.717, 1.165) is 15.5 Å². The fraction of sp³-hybridized carbons (Fsp3) is 0.562. The highest BCUT2D eigenvalue weighted by Gasteiger charge is 2.51. The zero-order valence-corrected chi connectivity index (χ0v) is 15.0.